The lowest BCUT2D eigenvalue weighted by molar-refractivity contribution is -0.141. The first-order chi connectivity index (χ1) is 13.8. The van der Waals surface area contributed by atoms with E-state index in [0.717, 1.165) is 19.2 Å². The van der Waals surface area contributed by atoms with E-state index in [1.54, 1.807) is 0 Å². The number of phosphoric acid groups is 3. The number of alkyl halides is 2. The highest BCUT2D eigenvalue weighted by atomic mass is 31.3. The molecular weight excluding hydrogens is 501 g/mol. The van der Waals surface area contributed by atoms with Gasteiger partial charge in [0, 0.05) is 6.20 Å². The van der Waals surface area contributed by atoms with E-state index >= 15 is 0 Å². The van der Waals surface area contributed by atoms with Gasteiger partial charge in [0.05, 0.1) is 6.10 Å². The van der Waals surface area contributed by atoms with Crippen molar-refractivity contribution in [2.75, 3.05) is 5.73 Å². The van der Waals surface area contributed by atoms with Crippen LogP contribution in [0.15, 0.2) is 17.1 Å². The van der Waals surface area contributed by atoms with Crippen molar-refractivity contribution in [3.05, 3.63) is 22.7 Å². The molecule has 31 heavy (non-hydrogen) atoms. The minimum absolute atomic E-state index is 0.289. The third-order valence-electron chi connectivity index (χ3n) is 3.60. The summed E-state index contributed by atoms with van der Waals surface area (Å²) in [7, 11) is -17.2. The molecule has 178 valence electrons. The molecule has 1 aromatic rings. The van der Waals surface area contributed by atoms with Crippen LogP contribution in [0.5, 0.6) is 0 Å². The lowest BCUT2D eigenvalue weighted by atomic mass is 10.1. The Hall–Kier alpha value is -1.13. The average Bonchev–Trinajstić information content (AvgIpc) is 2.74. The molecule has 1 aromatic heterocycles. The average molecular weight is 517 g/mol. The fraction of sp³-hybridized carbons (Fsp3) is 0.600. The predicted molar refractivity (Wildman–Crippen MR) is 92.2 cm³/mol. The monoisotopic (exact) mass is 517 g/mol. The first-order valence-corrected chi connectivity index (χ1v) is 12.2. The van der Waals surface area contributed by atoms with E-state index in [0.29, 0.717) is 0 Å². The highest BCUT2D eigenvalue weighted by Gasteiger charge is 2.61. The van der Waals surface area contributed by atoms with E-state index in [1.807, 2.05) is 0 Å². The maximum Gasteiger partial charge on any atom is 0.490 e. The standard InChI is InChI=1S/C10H16F2N3O13P3/c1-4(26-30(21,22)28-31(23,24)27-29(18,19)20)6-7(16)10(11,12)8(25-6)15-3-2-5(13)14-9(15)17/h2-4,6-8,16H,1H3,(H,21,22)(H,23,24)(H2,13,14,17)(H2,18,19,20)/t4-,6?,7?,8?/m0/s1. The van der Waals surface area contributed by atoms with Crippen LogP contribution in [0.25, 0.3) is 0 Å². The van der Waals surface area contributed by atoms with Crippen molar-refractivity contribution >= 4 is 29.3 Å². The number of nitrogens with zero attached hydrogens (tertiary/aromatic N) is 2. The van der Waals surface area contributed by atoms with Crippen molar-refractivity contribution in [1.29, 1.82) is 0 Å². The van der Waals surface area contributed by atoms with Gasteiger partial charge in [0.25, 0.3) is 0 Å². The molecule has 16 nitrogen and oxygen atoms in total. The van der Waals surface area contributed by atoms with Crippen LogP contribution in [0, 0.1) is 0 Å². The maximum atomic E-state index is 14.5. The van der Waals surface area contributed by atoms with Crippen molar-refractivity contribution in [3.8, 4) is 0 Å². The zero-order chi connectivity index (χ0) is 24.0. The second kappa shape index (κ2) is 8.67. The van der Waals surface area contributed by atoms with Gasteiger partial charge in [-0.25, -0.2) is 18.5 Å². The Kier molecular flexibility index (Phi) is 7.30. The molecule has 0 amide bonds. The van der Waals surface area contributed by atoms with Crippen molar-refractivity contribution in [1.82, 2.24) is 9.55 Å². The molecule has 1 aliphatic rings. The molecular formula is C10H16F2N3O13P3. The molecule has 6 atom stereocenters. The van der Waals surface area contributed by atoms with Crippen molar-refractivity contribution in [2.45, 2.75) is 37.4 Å². The molecule has 0 bridgehead atoms. The maximum absolute atomic E-state index is 14.5. The Morgan fingerprint density at radius 1 is 1.23 bits per heavy atom. The Labute approximate surface area is 170 Å². The van der Waals surface area contributed by atoms with Crippen LogP contribution in [0.3, 0.4) is 0 Å². The number of aliphatic hydroxyl groups is 1. The lowest BCUT2D eigenvalue weighted by Gasteiger charge is -2.24. The lowest BCUT2D eigenvalue weighted by Crippen LogP contribution is -2.43. The van der Waals surface area contributed by atoms with Crippen LogP contribution in [-0.4, -0.2) is 58.5 Å². The smallest absolute Gasteiger partial charge is 0.384 e. The van der Waals surface area contributed by atoms with Crippen molar-refractivity contribution in [2.24, 2.45) is 0 Å². The van der Waals surface area contributed by atoms with Crippen molar-refractivity contribution < 1.29 is 65.0 Å². The molecule has 0 radical (unpaired) electrons. The van der Waals surface area contributed by atoms with Gasteiger partial charge in [-0.15, -0.1) is 0 Å². The van der Waals surface area contributed by atoms with E-state index in [2.05, 4.69) is 18.1 Å². The molecule has 7 N–H and O–H groups in total. The van der Waals surface area contributed by atoms with Gasteiger partial charge in [-0.05, 0) is 13.0 Å². The normalized spacial score (nSPS) is 28.6. The molecule has 2 rings (SSSR count). The van der Waals surface area contributed by atoms with E-state index in [9.17, 15) is 37.3 Å². The molecule has 0 spiro atoms. The van der Waals surface area contributed by atoms with Gasteiger partial charge in [-0.1, -0.05) is 0 Å². The zero-order valence-electron chi connectivity index (χ0n) is 15.0. The zero-order valence-corrected chi connectivity index (χ0v) is 17.7. The second-order valence-corrected chi connectivity index (χ2v) is 10.4. The fourth-order valence-corrected chi connectivity index (χ4v) is 5.67. The van der Waals surface area contributed by atoms with Crippen LogP contribution in [0.4, 0.5) is 14.6 Å². The minimum atomic E-state index is -5.85. The largest absolute Gasteiger partial charge is 0.490 e. The molecule has 1 saturated heterocycles. The number of hydrogen-bond donors (Lipinski definition) is 6. The summed E-state index contributed by atoms with van der Waals surface area (Å²) in [4.78, 5) is 50.5. The van der Waals surface area contributed by atoms with E-state index < -0.39 is 59.6 Å². The van der Waals surface area contributed by atoms with Gasteiger partial charge in [-0.2, -0.15) is 22.4 Å². The van der Waals surface area contributed by atoms with Gasteiger partial charge < -0.3 is 35.2 Å². The molecule has 1 fully saturated rings. The first kappa shape index (κ1) is 26.1. The van der Waals surface area contributed by atoms with Gasteiger partial charge >= 0.3 is 35.1 Å². The Morgan fingerprint density at radius 2 is 1.81 bits per heavy atom. The number of halogens is 2. The summed E-state index contributed by atoms with van der Waals surface area (Å²) in [5.41, 5.74) is 3.99. The molecule has 21 heteroatoms. The first-order valence-electron chi connectivity index (χ1n) is 7.73. The number of anilines is 1. The number of nitrogens with two attached hydrogens (primary N) is 1. The third kappa shape index (κ3) is 6.44. The minimum Gasteiger partial charge on any atom is -0.384 e. The summed E-state index contributed by atoms with van der Waals surface area (Å²) in [5.74, 6) is -4.44. The van der Waals surface area contributed by atoms with Crippen LogP contribution in [0.2, 0.25) is 0 Å². The van der Waals surface area contributed by atoms with Crippen LogP contribution < -0.4 is 11.4 Å². The Bertz CT molecular complexity index is 1030. The summed E-state index contributed by atoms with van der Waals surface area (Å²) in [6.45, 7) is 0.814. The van der Waals surface area contributed by atoms with Crippen LogP contribution in [0.1, 0.15) is 13.2 Å². The number of hydrogen-bond acceptors (Lipinski definition) is 11. The highest BCUT2D eigenvalue weighted by molar-refractivity contribution is 7.66. The fourth-order valence-electron chi connectivity index (χ4n) is 2.47. The van der Waals surface area contributed by atoms with Gasteiger partial charge in [0.2, 0.25) is 6.23 Å². The van der Waals surface area contributed by atoms with Gasteiger partial charge in [0.1, 0.15) is 11.9 Å². The summed E-state index contributed by atoms with van der Waals surface area (Å²) < 4.78 is 79.2. The number of rotatable bonds is 8. The SMILES string of the molecule is C[C@H](OP(=O)(O)OP(=O)(O)OP(=O)(O)O)C1OC(n2ccc(N)nc2=O)C(F)(F)C1O. The molecule has 1 aliphatic heterocycles. The van der Waals surface area contributed by atoms with E-state index in [4.69, 9.17) is 25.2 Å². The van der Waals surface area contributed by atoms with Gasteiger partial charge in [0.15, 0.2) is 6.10 Å². The quantitative estimate of drug-likeness (QED) is 0.237. The Balaban J connectivity index is 2.20. The summed E-state index contributed by atoms with van der Waals surface area (Å²) in [6, 6.07) is 0.982. The van der Waals surface area contributed by atoms with E-state index in [1.165, 1.54) is 0 Å². The molecule has 0 saturated carbocycles. The van der Waals surface area contributed by atoms with Gasteiger partial charge in [-0.3, -0.25) is 9.09 Å². The predicted octanol–water partition coefficient (Wildman–Crippen LogP) is -0.549. The number of aliphatic hydroxyl groups excluding tert-OH is 1. The molecule has 2 heterocycles. The summed E-state index contributed by atoms with van der Waals surface area (Å²) in [5, 5.41) is 9.89. The third-order valence-corrected chi connectivity index (χ3v) is 7.53. The Morgan fingerprint density at radius 3 is 2.32 bits per heavy atom. The van der Waals surface area contributed by atoms with Crippen molar-refractivity contribution in [3.63, 3.8) is 0 Å². The summed E-state index contributed by atoms with van der Waals surface area (Å²) in [6.07, 6.45) is -8.43. The highest BCUT2D eigenvalue weighted by Crippen LogP contribution is 2.66. The molecule has 0 aromatic carbocycles. The van der Waals surface area contributed by atoms with Crippen LogP contribution in [-0.2, 0) is 31.6 Å². The molecule has 0 aliphatic carbocycles. The van der Waals surface area contributed by atoms with E-state index in [-0.39, 0.29) is 10.4 Å². The van der Waals surface area contributed by atoms with Crippen LogP contribution >= 0.6 is 23.5 Å². The second-order valence-electron chi connectivity index (χ2n) is 6.02. The number of phosphoric ester groups is 1. The molecule has 5 unspecified atom stereocenters. The summed E-state index contributed by atoms with van der Waals surface area (Å²) >= 11 is 0. The topological polar surface area (TPSA) is 250 Å². The number of aromatic nitrogens is 2. The number of ether oxygens (including phenoxy) is 1. The number of nitrogen functional groups attached to an aromatic ring is 1.